The fourth-order valence-corrected chi connectivity index (χ4v) is 5.02. The summed E-state index contributed by atoms with van der Waals surface area (Å²) in [6.45, 7) is 1.60. The Morgan fingerprint density at radius 2 is 1.97 bits per heavy atom. The monoisotopic (exact) mass is 537 g/mol. The van der Waals surface area contributed by atoms with Gasteiger partial charge in [-0.05, 0) is 55.2 Å². The molecule has 1 amide bonds. The number of hydrogen-bond acceptors (Lipinski definition) is 8. The van der Waals surface area contributed by atoms with Gasteiger partial charge in [0.2, 0.25) is 17.1 Å². The van der Waals surface area contributed by atoms with Crippen molar-refractivity contribution >= 4 is 28.7 Å². The van der Waals surface area contributed by atoms with Crippen LogP contribution in [0.2, 0.25) is 0 Å². The average molecular weight is 538 g/mol. The van der Waals surface area contributed by atoms with Gasteiger partial charge < -0.3 is 29.3 Å². The molecule has 0 fully saturated rings. The van der Waals surface area contributed by atoms with Crippen LogP contribution in [0, 0.1) is 6.92 Å². The number of aromatic hydroxyl groups is 2. The molecule has 4 aromatic rings. The predicted octanol–water partition coefficient (Wildman–Crippen LogP) is 4.39. The molecule has 0 aliphatic heterocycles. The maximum Gasteiger partial charge on any atom is 0.227 e. The number of hydrogen-bond donors (Lipinski definition) is 3. The second-order valence-corrected chi connectivity index (χ2v) is 10.0. The van der Waals surface area contributed by atoms with Crippen LogP contribution >= 0.6 is 11.8 Å². The molecule has 2 aromatic carbocycles. The van der Waals surface area contributed by atoms with Crippen LogP contribution in [0.1, 0.15) is 47.7 Å². The Morgan fingerprint density at radius 3 is 2.68 bits per heavy atom. The van der Waals surface area contributed by atoms with E-state index in [1.807, 2.05) is 42.1 Å². The fraction of sp³-hybridized carbons (Fsp3) is 0.321. The first-order valence-corrected chi connectivity index (χ1v) is 13.5. The lowest BCUT2D eigenvalue weighted by Crippen LogP contribution is -2.32. The van der Waals surface area contributed by atoms with Gasteiger partial charge in [0, 0.05) is 19.5 Å². The van der Waals surface area contributed by atoms with Gasteiger partial charge in [0.05, 0.1) is 30.1 Å². The summed E-state index contributed by atoms with van der Waals surface area (Å²) in [5.41, 5.74) is 1.74. The van der Waals surface area contributed by atoms with Gasteiger partial charge in [-0.25, -0.2) is 4.98 Å². The molecule has 0 saturated heterocycles. The van der Waals surface area contributed by atoms with Crippen molar-refractivity contribution in [2.24, 2.45) is 7.05 Å². The molecular weight excluding hydrogens is 506 g/mol. The second kappa shape index (κ2) is 11.6. The predicted molar refractivity (Wildman–Crippen MR) is 147 cm³/mol. The summed E-state index contributed by atoms with van der Waals surface area (Å²) in [7, 11) is 3.34. The molecule has 200 valence electrons. The van der Waals surface area contributed by atoms with Crippen LogP contribution in [-0.2, 0) is 11.8 Å². The summed E-state index contributed by atoms with van der Waals surface area (Å²) in [5.74, 6) is 0.241. The van der Waals surface area contributed by atoms with E-state index in [9.17, 15) is 19.8 Å². The van der Waals surface area contributed by atoms with Gasteiger partial charge in [-0.3, -0.25) is 9.59 Å². The van der Waals surface area contributed by atoms with Gasteiger partial charge in [-0.15, -0.1) is 0 Å². The van der Waals surface area contributed by atoms with E-state index in [1.165, 1.54) is 19.2 Å². The van der Waals surface area contributed by atoms with Crippen LogP contribution in [0.4, 0.5) is 0 Å². The number of aromatic nitrogens is 2. The summed E-state index contributed by atoms with van der Waals surface area (Å²) in [5, 5.41) is 23.8. The molecule has 4 rings (SSSR count). The smallest absolute Gasteiger partial charge is 0.227 e. The number of thioether (sulfide) groups is 1. The van der Waals surface area contributed by atoms with Crippen LogP contribution in [0.3, 0.4) is 0 Å². The number of ether oxygens (including phenoxy) is 1. The van der Waals surface area contributed by atoms with Crippen LogP contribution < -0.4 is 15.5 Å². The summed E-state index contributed by atoms with van der Waals surface area (Å²) >= 11 is 1.67. The zero-order valence-electron chi connectivity index (χ0n) is 21.7. The quantitative estimate of drug-likeness (QED) is 0.272. The number of imidazole rings is 1. The Kier molecular flexibility index (Phi) is 8.31. The minimum absolute atomic E-state index is 0.0266. The highest BCUT2D eigenvalue weighted by Crippen LogP contribution is 2.37. The molecule has 1 unspecified atom stereocenters. The Morgan fingerprint density at radius 1 is 1.21 bits per heavy atom. The average Bonchev–Trinajstić information content (AvgIpc) is 3.24. The van der Waals surface area contributed by atoms with Crippen LogP contribution in [0.15, 0.2) is 57.7 Å². The Bertz CT molecular complexity index is 1510. The Hall–Kier alpha value is -3.92. The summed E-state index contributed by atoms with van der Waals surface area (Å²) in [6, 6.07) is 13.2. The zero-order chi connectivity index (χ0) is 27.4. The highest BCUT2D eigenvalue weighted by molar-refractivity contribution is 7.98. The summed E-state index contributed by atoms with van der Waals surface area (Å²) < 4.78 is 13.0. The van der Waals surface area contributed by atoms with Crippen molar-refractivity contribution in [3.8, 4) is 17.2 Å². The number of aryl methyl sites for hydroxylation is 2. The standard InChI is InChI=1S/C28H31N3O6S/c1-16-13-23(33)26(35)27(37-16)18(17-9-10-22(32)24(14-17)36-3)15-25(34)29-20(11-12-38-4)28-30-19-7-5-6-8-21(19)31(28)2/h5-10,13-14,18,20,32,35H,11-12,15H2,1-4H3,(H,29,34)/t18?,20-/m0/s1. The number of carbonyl (C=O) groups is 1. The van der Waals surface area contributed by atoms with E-state index >= 15 is 0 Å². The van der Waals surface area contributed by atoms with Crippen molar-refractivity contribution in [3.63, 3.8) is 0 Å². The van der Waals surface area contributed by atoms with E-state index in [2.05, 4.69) is 5.32 Å². The number of carbonyl (C=O) groups excluding carboxylic acids is 1. The number of methoxy groups -OCH3 is 1. The first-order valence-electron chi connectivity index (χ1n) is 12.1. The maximum absolute atomic E-state index is 13.5. The minimum Gasteiger partial charge on any atom is -0.504 e. The number of nitrogens with one attached hydrogen (secondary N) is 1. The van der Waals surface area contributed by atoms with Gasteiger partial charge >= 0.3 is 0 Å². The SMILES string of the molecule is COc1cc(C(CC(=O)N[C@@H](CCSC)c2nc3ccccc3n2C)c2oc(C)cc(=O)c2O)ccc1O. The van der Waals surface area contributed by atoms with Gasteiger partial charge in [0.1, 0.15) is 11.6 Å². The lowest BCUT2D eigenvalue weighted by atomic mass is 9.91. The summed E-state index contributed by atoms with van der Waals surface area (Å²) in [4.78, 5) is 30.7. The van der Waals surface area contributed by atoms with E-state index in [1.54, 1.807) is 30.8 Å². The molecule has 0 aliphatic carbocycles. The highest BCUT2D eigenvalue weighted by Gasteiger charge is 2.29. The van der Waals surface area contributed by atoms with Gasteiger partial charge in [0.25, 0.3) is 0 Å². The van der Waals surface area contributed by atoms with Crippen molar-refractivity contribution in [2.45, 2.75) is 31.7 Å². The number of amides is 1. The molecule has 2 heterocycles. The number of para-hydroxylation sites is 2. The molecule has 9 nitrogen and oxygen atoms in total. The van der Waals surface area contributed by atoms with Crippen molar-refractivity contribution < 1.29 is 24.2 Å². The van der Waals surface area contributed by atoms with Crippen molar-refractivity contribution in [1.29, 1.82) is 0 Å². The first kappa shape index (κ1) is 27.1. The number of fused-ring (bicyclic) bond motifs is 1. The van der Waals surface area contributed by atoms with Crippen molar-refractivity contribution in [3.05, 3.63) is 81.7 Å². The number of phenolic OH excluding ortho intramolecular Hbond substituents is 1. The fourth-order valence-electron chi connectivity index (χ4n) is 4.55. The molecule has 3 N–H and O–H groups in total. The number of nitrogens with zero attached hydrogens (tertiary/aromatic N) is 2. The van der Waals surface area contributed by atoms with Gasteiger partial charge in [-0.2, -0.15) is 11.8 Å². The Balaban J connectivity index is 1.70. The largest absolute Gasteiger partial charge is 0.504 e. The number of phenols is 1. The lowest BCUT2D eigenvalue weighted by molar-refractivity contribution is -0.122. The molecule has 10 heteroatoms. The third kappa shape index (κ3) is 5.65. The molecule has 0 spiro atoms. The van der Waals surface area contributed by atoms with E-state index in [-0.39, 0.29) is 35.6 Å². The molecule has 2 atom stereocenters. The van der Waals surface area contributed by atoms with E-state index in [4.69, 9.17) is 14.1 Å². The normalized spacial score (nSPS) is 12.8. The summed E-state index contributed by atoms with van der Waals surface area (Å²) in [6.07, 6.45) is 2.53. The third-order valence-electron chi connectivity index (χ3n) is 6.46. The van der Waals surface area contributed by atoms with Gasteiger partial charge in [-0.1, -0.05) is 18.2 Å². The third-order valence-corrected chi connectivity index (χ3v) is 7.11. The molecular formula is C28H31N3O6S. The maximum atomic E-state index is 13.5. The van der Waals surface area contributed by atoms with Gasteiger partial charge in [0.15, 0.2) is 17.3 Å². The molecule has 0 aliphatic rings. The lowest BCUT2D eigenvalue weighted by Gasteiger charge is -2.22. The van der Waals surface area contributed by atoms with E-state index in [0.29, 0.717) is 17.7 Å². The van der Waals surface area contributed by atoms with Crippen LogP contribution in [-0.4, -0.2) is 44.8 Å². The zero-order valence-corrected chi connectivity index (χ0v) is 22.5. The molecule has 0 radical (unpaired) electrons. The van der Waals surface area contributed by atoms with E-state index in [0.717, 1.165) is 22.6 Å². The van der Waals surface area contributed by atoms with Crippen LogP contribution in [0.5, 0.6) is 17.2 Å². The number of rotatable bonds is 10. The Labute approximate surface area is 224 Å². The molecule has 0 bridgehead atoms. The van der Waals surface area contributed by atoms with Crippen LogP contribution in [0.25, 0.3) is 11.0 Å². The van der Waals surface area contributed by atoms with E-state index < -0.39 is 17.1 Å². The van der Waals surface area contributed by atoms with Crippen molar-refractivity contribution in [1.82, 2.24) is 14.9 Å². The molecule has 38 heavy (non-hydrogen) atoms. The number of benzene rings is 2. The molecule has 2 aromatic heterocycles. The topological polar surface area (TPSA) is 127 Å². The first-order chi connectivity index (χ1) is 18.2. The van der Waals surface area contributed by atoms with Crippen molar-refractivity contribution in [2.75, 3.05) is 19.1 Å². The molecule has 0 saturated carbocycles. The second-order valence-electron chi connectivity index (χ2n) is 9.04. The highest BCUT2D eigenvalue weighted by atomic mass is 32.2. The minimum atomic E-state index is -0.821.